The van der Waals surface area contributed by atoms with Gasteiger partial charge in [-0.3, -0.25) is 14.9 Å². The molecule has 0 unspecified atom stereocenters. The van der Waals surface area contributed by atoms with E-state index in [2.05, 4.69) is 16.6 Å². The molecule has 0 saturated carbocycles. The molecule has 164 valence electrons. The quantitative estimate of drug-likeness (QED) is 0.231. The lowest BCUT2D eigenvalue weighted by molar-refractivity contribution is -0.115. The van der Waals surface area contributed by atoms with Crippen LogP contribution in [0.25, 0.3) is 0 Å². The Bertz CT molecular complexity index is 1120. The number of hydrogen-bond donors (Lipinski definition) is 3. The van der Waals surface area contributed by atoms with Crippen molar-refractivity contribution >= 4 is 40.9 Å². The third-order valence-electron chi connectivity index (χ3n) is 4.22. The molecule has 0 bridgehead atoms. The van der Waals surface area contributed by atoms with Gasteiger partial charge in [0.2, 0.25) is 5.91 Å². The number of nitrogens with zero attached hydrogens (tertiary/aromatic N) is 2. The first-order valence-electron chi connectivity index (χ1n) is 9.48. The van der Waals surface area contributed by atoms with Crippen LogP contribution in [0.4, 0.5) is 16.2 Å². The van der Waals surface area contributed by atoms with E-state index in [1.54, 1.807) is 24.3 Å². The number of rotatable bonds is 9. The molecule has 2 aromatic rings. The molecule has 0 spiro atoms. The lowest BCUT2D eigenvalue weighted by Crippen LogP contribution is -2.19. The molecule has 0 aliphatic rings. The summed E-state index contributed by atoms with van der Waals surface area (Å²) in [5, 5.41) is 23.0. The number of benzene rings is 2. The molecule has 0 radical (unpaired) electrons. The smallest absolute Gasteiger partial charge is 0.409 e. The Kier molecular flexibility index (Phi) is 8.84. The van der Waals surface area contributed by atoms with Crippen LogP contribution in [0, 0.1) is 23.7 Å². The van der Waals surface area contributed by atoms with Gasteiger partial charge in [0, 0.05) is 22.8 Å². The standard InChI is InChI=1S/C23H22N4O4S/c1-4-16-11-18(32-9-8-27(2)3)12-19(25-23(30)31)22(16)26-21(29)13-20(28)17-7-5-6-15(10-17)14-24/h1,5-7,10-12,25H,8-9,13H2,2-3H3,(H,26,29)(H,30,31). The van der Waals surface area contributed by atoms with Crippen LogP contribution in [0.1, 0.15) is 27.9 Å². The van der Waals surface area contributed by atoms with Crippen molar-refractivity contribution in [2.24, 2.45) is 0 Å². The fraction of sp³-hybridized carbons (Fsp3) is 0.217. The van der Waals surface area contributed by atoms with Gasteiger partial charge in [-0.1, -0.05) is 18.1 Å². The lowest BCUT2D eigenvalue weighted by Gasteiger charge is -2.16. The molecule has 9 heteroatoms. The van der Waals surface area contributed by atoms with Crippen molar-refractivity contribution in [1.82, 2.24) is 4.90 Å². The molecule has 2 rings (SSSR count). The van der Waals surface area contributed by atoms with Crippen LogP contribution in [0.5, 0.6) is 0 Å². The molecule has 2 amide bonds. The summed E-state index contributed by atoms with van der Waals surface area (Å²) in [6, 6.07) is 11.2. The van der Waals surface area contributed by atoms with E-state index in [4.69, 9.17) is 11.7 Å². The average Bonchev–Trinajstić information content (AvgIpc) is 2.74. The lowest BCUT2D eigenvalue weighted by atomic mass is 10.0. The summed E-state index contributed by atoms with van der Waals surface area (Å²) in [5.41, 5.74) is 1.05. The van der Waals surface area contributed by atoms with E-state index in [1.165, 1.54) is 23.9 Å². The van der Waals surface area contributed by atoms with Crippen LogP contribution in [0.2, 0.25) is 0 Å². The van der Waals surface area contributed by atoms with E-state index in [-0.39, 0.29) is 22.5 Å². The average molecular weight is 451 g/mol. The number of thioether (sulfide) groups is 1. The van der Waals surface area contributed by atoms with Crippen molar-refractivity contribution in [2.45, 2.75) is 11.3 Å². The normalized spacial score (nSPS) is 10.2. The molecule has 0 aliphatic heterocycles. The maximum absolute atomic E-state index is 12.5. The first-order chi connectivity index (χ1) is 15.2. The fourth-order valence-corrected chi connectivity index (χ4v) is 3.80. The predicted molar refractivity (Wildman–Crippen MR) is 124 cm³/mol. The van der Waals surface area contributed by atoms with Crippen LogP contribution in [-0.2, 0) is 4.79 Å². The number of carbonyl (C=O) groups excluding carboxylic acids is 2. The van der Waals surface area contributed by atoms with E-state index in [0.29, 0.717) is 5.56 Å². The van der Waals surface area contributed by atoms with Crippen LogP contribution >= 0.6 is 11.8 Å². The van der Waals surface area contributed by atoms with Gasteiger partial charge in [-0.2, -0.15) is 5.26 Å². The van der Waals surface area contributed by atoms with Crippen molar-refractivity contribution in [3.05, 3.63) is 53.1 Å². The first-order valence-corrected chi connectivity index (χ1v) is 10.5. The van der Waals surface area contributed by atoms with Gasteiger partial charge < -0.3 is 15.3 Å². The summed E-state index contributed by atoms with van der Waals surface area (Å²) in [7, 11) is 3.89. The maximum Gasteiger partial charge on any atom is 0.409 e. The molecule has 0 aromatic heterocycles. The minimum atomic E-state index is -1.32. The van der Waals surface area contributed by atoms with Gasteiger partial charge in [0.1, 0.15) is 0 Å². The molecule has 0 saturated heterocycles. The number of nitrogens with one attached hydrogen (secondary N) is 2. The van der Waals surface area contributed by atoms with Crippen LogP contribution in [0.15, 0.2) is 41.3 Å². The highest BCUT2D eigenvalue weighted by Gasteiger charge is 2.18. The third-order valence-corrected chi connectivity index (χ3v) is 5.17. The Morgan fingerprint density at radius 2 is 1.94 bits per heavy atom. The van der Waals surface area contributed by atoms with Crippen LogP contribution in [0.3, 0.4) is 0 Å². The van der Waals surface area contributed by atoms with Gasteiger partial charge >= 0.3 is 6.09 Å². The molecule has 0 aliphatic carbocycles. The van der Waals surface area contributed by atoms with Crippen LogP contribution in [-0.4, -0.2) is 54.2 Å². The van der Waals surface area contributed by atoms with E-state index in [9.17, 15) is 19.5 Å². The van der Waals surface area contributed by atoms with Crippen molar-refractivity contribution in [2.75, 3.05) is 37.0 Å². The second kappa shape index (κ2) is 11.6. The molecule has 0 fully saturated rings. The summed E-state index contributed by atoms with van der Waals surface area (Å²) in [5.74, 6) is 2.08. The second-order valence-corrected chi connectivity index (χ2v) is 8.13. The van der Waals surface area contributed by atoms with Gasteiger partial charge in [0.25, 0.3) is 0 Å². The Labute approximate surface area is 190 Å². The van der Waals surface area contributed by atoms with E-state index >= 15 is 0 Å². The number of carboxylic acid groups (broad SMARTS) is 1. The number of amides is 2. The van der Waals surface area contributed by atoms with Gasteiger partial charge in [0.05, 0.1) is 35.0 Å². The molecule has 2 aromatic carbocycles. The zero-order valence-electron chi connectivity index (χ0n) is 17.6. The summed E-state index contributed by atoms with van der Waals surface area (Å²) in [6.07, 6.45) is 3.79. The van der Waals surface area contributed by atoms with Gasteiger partial charge in [-0.05, 0) is 38.4 Å². The third kappa shape index (κ3) is 7.17. The number of Topliss-reactive ketones (excluding diaryl/α,β-unsaturated/α-hetero) is 1. The first kappa shape index (κ1) is 24.5. The molecular formula is C23H22N4O4S. The van der Waals surface area contributed by atoms with E-state index in [1.807, 2.05) is 25.1 Å². The van der Waals surface area contributed by atoms with Gasteiger partial charge in [0.15, 0.2) is 5.78 Å². The van der Waals surface area contributed by atoms with Crippen molar-refractivity contribution < 1.29 is 19.5 Å². The SMILES string of the molecule is C#Cc1cc(SCCN(C)C)cc(NC(=O)O)c1NC(=O)CC(=O)c1cccc(C#N)c1. The zero-order chi connectivity index (χ0) is 23.7. The minimum absolute atomic E-state index is 0.107. The van der Waals surface area contributed by atoms with Gasteiger partial charge in [-0.15, -0.1) is 18.2 Å². The summed E-state index contributed by atoms with van der Waals surface area (Å²) in [6.45, 7) is 0.811. The Hall–Kier alpha value is -3.79. The summed E-state index contributed by atoms with van der Waals surface area (Å²) >= 11 is 1.50. The molecule has 32 heavy (non-hydrogen) atoms. The highest BCUT2D eigenvalue weighted by Crippen LogP contribution is 2.33. The number of ketones is 1. The van der Waals surface area contributed by atoms with Crippen LogP contribution < -0.4 is 10.6 Å². The largest absolute Gasteiger partial charge is 0.465 e. The zero-order valence-corrected chi connectivity index (χ0v) is 18.5. The minimum Gasteiger partial charge on any atom is -0.465 e. The number of carbonyl (C=O) groups is 3. The molecule has 3 N–H and O–H groups in total. The van der Waals surface area contributed by atoms with E-state index in [0.717, 1.165) is 17.2 Å². The highest BCUT2D eigenvalue weighted by molar-refractivity contribution is 7.99. The fourth-order valence-electron chi connectivity index (χ4n) is 2.70. The van der Waals surface area contributed by atoms with Crippen molar-refractivity contribution in [1.29, 1.82) is 5.26 Å². The molecule has 8 nitrogen and oxygen atoms in total. The van der Waals surface area contributed by atoms with Crippen molar-refractivity contribution in [3.8, 4) is 18.4 Å². The number of terminal acetylenes is 1. The Morgan fingerprint density at radius 1 is 1.19 bits per heavy atom. The molecule has 0 heterocycles. The Morgan fingerprint density at radius 3 is 2.56 bits per heavy atom. The monoisotopic (exact) mass is 450 g/mol. The summed E-state index contributed by atoms with van der Waals surface area (Å²) < 4.78 is 0. The van der Waals surface area contributed by atoms with Crippen molar-refractivity contribution in [3.63, 3.8) is 0 Å². The number of nitriles is 1. The second-order valence-electron chi connectivity index (χ2n) is 6.96. The number of hydrogen-bond acceptors (Lipinski definition) is 6. The Balaban J connectivity index is 2.25. The van der Waals surface area contributed by atoms with Gasteiger partial charge in [-0.25, -0.2) is 4.79 Å². The number of anilines is 2. The van der Waals surface area contributed by atoms with E-state index < -0.39 is 24.2 Å². The predicted octanol–water partition coefficient (Wildman–Crippen LogP) is 3.49. The summed E-state index contributed by atoms with van der Waals surface area (Å²) in [4.78, 5) is 39.0. The molecular weight excluding hydrogens is 428 g/mol. The topological polar surface area (TPSA) is 123 Å². The maximum atomic E-state index is 12.5. The highest BCUT2D eigenvalue weighted by atomic mass is 32.2. The molecule has 0 atom stereocenters.